The fourth-order valence-electron chi connectivity index (χ4n) is 3.46. The van der Waals surface area contributed by atoms with Crippen LogP contribution in [0, 0.1) is 0 Å². The van der Waals surface area contributed by atoms with Crippen LogP contribution in [0.3, 0.4) is 0 Å². The van der Waals surface area contributed by atoms with E-state index in [0.29, 0.717) is 34.1 Å². The molecule has 2 aliphatic heterocycles. The second-order valence-corrected chi connectivity index (χ2v) is 6.92. The van der Waals surface area contributed by atoms with Crippen molar-refractivity contribution in [2.75, 3.05) is 13.6 Å². The Morgan fingerprint density at radius 3 is 2.17 bits per heavy atom. The molecule has 1 atom stereocenters. The molecular weight excluding hydrogens is 384 g/mol. The van der Waals surface area contributed by atoms with Crippen molar-refractivity contribution >= 4 is 11.9 Å². The van der Waals surface area contributed by atoms with Gasteiger partial charge >= 0.3 is 0 Å². The van der Waals surface area contributed by atoms with Crippen LogP contribution in [0.4, 0.5) is 0 Å². The van der Waals surface area contributed by atoms with Crippen molar-refractivity contribution in [3.05, 3.63) is 89.0 Å². The Hall–Kier alpha value is -3.77. The van der Waals surface area contributed by atoms with Crippen molar-refractivity contribution in [2.24, 2.45) is 0 Å². The van der Waals surface area contributed by atoms with Crippen molar-refractivity contribution < 1.29 is 28.8 Å². The molecule has 0 spiro atoms. The van der Waals surface area contributed by atoms with Gasteiger partial charge in [-0.15, -0.1) is 0 Å². The number of carbonyl (C=O) groups excluding carboxylic acids is 1. The minimum absolute atomic E-state index is 0.125. The molecule has 0 amide bonds. The number of hydrogen-bond donors (Lipinski definition) is 1. The summed E-state index contributed by atoms with van der Waals surface area (Å²) in [6.07, 6.45) is 0.542. The van der Waals surface area contributed by atoms with Gasteiger partial charge in [0.1, 0.15) is 6.10 Å². The van der Waals surface area contributed by atoms with Crippen LogP contribution in [0.5, 0.6) is 23.0 Å². The minimum Gasteiger partial charge on any atom is -0.454 e. The number of hydrogen-bond acceptors (Lipinski definition) is 6. The molecule has 0 aliphatic carbocycles. The third kappa shape index (κ3) is 3.38. The molecule has 0 fully saturated rings. The molecule has 0 saturated heterocycles. The first-order chi connectivity index (χ1) is 14.7. The third-order valence-corrected chi connectivity index (χ3v) is 5.03. The fourth-order valence-corrected chi connectivity index (χ4v) is 3.46. The summed E-state index contributed by atoms with van der Waals surface area (Å²) < 4.78 is 21.5. The highest BCUT2D eigenvalue weighted by molar-refractivity contribution is 6.12. The molecule has 5 rings (SSSR count). The van der Waals surface area contributed by atoms with Gasteiger partial charge in [-0.25, -0.2) is 0 Å². The smallest absolute Gasteiger partial charge is 0.231 e. The Labute approximate surface area is 172 Å². The van der Waals surface area contributed by atoms with Crippen LogP contribution in [0.15, 0.2) is 72.3 Å². The van der Waals surface area contributed by atoms with Crippen molar-refractivity contribution in [3.63, 3.8) is 0 Å². The largest absolute Gasteiger partial charge is 0.454 e. The topological polar surface area (TPSA) is 74.2 Å². The van der Waals surface area contributed by atoms with E-state index in [4.69, 9.17) is 18.9 Å². The number of Topliss-reactive ketones (excluding diaryl/α,β-unsaturated/α-hetero) is 1. The number of fused-ring (bicyclic) bond motifs is 2. The van der Waals surface area contributed by atoms with E-state index in [0.717, 1.165) is 5.56 Å². The number of rotatable bonds is 5. The predicted molar refractivity (Wildman–Crippen MR) is 109 cm³/mol. The van der Waals surface area contributed by atoms with Crippen molar-refractivity contribution in [1.82, 2.24) is 0 Å². The zero-order chi connectivity index (χ0) is 20.5. The monoisotopic (exact) mass is 402 g/mol. The summed E-state index contributed by atoms with van der Waals surface area (Å²) in [6, 6.07) is 19.5. The van der Waals surface area contributed by atoms with Crippen LogP contribution < -0.4 is 18.9 Å². The molecular formula is C24H18O6. The Morgan fingerprint density at radius 1 is 0.800 bits per heavy atom. The third-order valence-electron chi connectivity index (χ3n) is 5.03. The Balaban J connectivity index is 1.55. The van der Waals surface area contributed by atoms with Gasteiger partial charge in [-0.05, 0) is 47.5 Å². The van der Waals surface area contributed by atoms with Gasteiger partial charge in [-0.2, -0.15) is 0 Å². The number of carbonyl (C=O) groups is 1. The maximum Gasteiger partial charge on any atom is 0.231 e. The Morgan fingerprint density at radius 2 is 1.43 bits per heavy atom. The molecule has 1 N–H and O–H groups in total. The summed E-state index contributed by atoms with van der Waals surface area (Å²) in [5.74, 6) is 1.96. The van der Waals surface area contributed by atoms with E-state index in [1.54, 1.807) is 42.5 Å². The number of benzene rings is 3. The van der Waals surface area contributed by atoms with Crippen LogP contribution in [0.2, 0.25) is 0 Å². The molecule has 3 aromatic carbocycles. The van der Waals surface area contributed by atoms with E-state index in [1.165, 1.54) is 0 Å². The van der Waals surface area contributed by atoms with Gasteiger partial charge < -0.3 is 24.1 Å². The first-order valence-electron chi connectivity index (χ1n) is 9.47. The highest BCUT2D eigenvalue weighted by Crippen LogP contribution is 2.38. The van der Waals surface area contributed by atoms with E-state index < -0.39 is 6.10 Å². The lowest BCUT2D eigenvalue weighted by molar-refractivity contribution is 0.0988. The van der Waals surface area contributed by atoms with E-state index in [-0.39, 0.29) is 24.9 Å². The minimum atomic E-state index is -1.15. The van der Waals surface area contributed by atoms with Gasteiger partial charge in [0.25, 0.3) is 0 Å². The van der Waals surface area contributed by atoms with Gasteiger partial charge in [0.15, 0.2) is 28.8 Å². The Kier molecular flexibility index (Phi) is 4.61. The molecule has 150 valence electrons. The van der Waals surface area contributed by atoms with Crippen LogP contribution in [0.1, 0.15) is 27.6 Å². The molecule has 6 heteroatoms. The highest BCUT2D eigenvalue weighted by atomic mass is 16.7. The van der Waals surface area contributed by atoms with E-state index >= 15 is 0 Å². The lowest BCUT2D eigenvalue weighted by Gasteiger charge is -2.16. The number of ether oxygens (including phenoxy) is 4. The standard InChI is InChI=1S/C24H18O6/c25-23(16-6-8-19-21(11-16)29-13-27-19)18(10-15-4-2-1-3-5-15)24(26)17-7-9-20-22(12-17)30-14-28-20/h1-12,23,25H,13-14H2/b18-10-. The number of aliphatic hydroxyl groups excluding tert-OH is 1. The molecule has 0 aromatic heterocycles. The lowest BCUT2D eigenvalue weighted by atomic mass is 9.92. The van der Waals surface area contributed by atoms with Gasteiger partial charge in [0.2, 0.25) is 13.6 Å². The molecule has 0 saturated carbocycles. The fraction of sp³-hybridized carbons (Fsp3) is 0.125. The maximum atomic E-state index is 13.4. The first kappa shape index (κ1) is 18.3. The quantitative estimate of drug-likeness (QED) is 0.511. The summed E-state index contributed by atoms with van der Waals surface area (Å²) in [5, 5.41) is 11.2. The number of aliphatic hydroxyl groups is 1. The SMILES string of the molecule is O=C(/C(=C\c1ccccc1)C(O)c1ccc2c(c1)OCO2)c1ccc2c(c1)OCO2. The molecule has 2 heterocycles. The summed E-state index contributed by atoms with van der Waals surface area (Å²) >= 11 is 0. The van der Waals surface area contributed by atoms with E-state index in [9.17, 15) is 9.90 Å². The van der Waals surface area contributed by atoms with Gasteiger partial charge in [0, 0.05) is 11.1 Å². The van der Waals surface area contributed by atoms with Crippen LogP contribution in [-0.4, -0.2) is 24.5 Å². The van der Waals surface area contributed by atoms with Crippen LogP contribution in [0.25, 0.3) is 6.08 Å². The molecule has 2 aliphatic rings. The second-order valence-electron chi connectivity index (χ2n) is 6.92. The van der Waals surface area contributed by atoms with Gasteiger partial charge in [0.05, 0.1) is 0 Å². The van der Waals surface area contributed by atoms with Gasteiger partial charge in [-0.3, -0.25) is 4.79 Å². The highest BCUT2D eigenvalue weighted by Gasteiger charge is 2.26. The van der Waals surface area contributed by atoms with Crippen molar-refractivity contribution in [3.8, 4) is 23.0 Å². The van der Waals surface area contributed by atoms with E-state index in [1.807, 2.05) is 30.3 Å². The average Bonchev–Trinajstić information content (AvgIpc) is 3.45. The average molecular weight is 402 g/mol. The molecule has 0 radical (unpaired) electrons. The van der Waals surface area contributed by atoms with Crippen LogP contribution >= 0.6 is 0 Å². The molecule has 3 aromatic rings. The summed E-state index contributed by atoms with van der Waals surface area (Å²) in [5.41, 5.74) is 1.98. The van der Waals surface area contributed by atoms with Crippen molar-refractivity contribution in [2.45, 2.75) is 6.10 Å². The summed E-state index contributed by atoms with van der Waals surface area (Å²) in [7, 11) is 0. The first-order valence-corrected chi connectivity index (χ1v) is 9.47. The normalized spacial score (nSPS) is 15.2. The van der Waals surface area contributed by atoms with Gasteiger partial charge in [-0.1, -0.05) is 36.4 Å². The second kappa shape index (κ2) is 7.57. The van der Waals surface area contributed by atoms with E-state index in [2.05, 4.69) is 0 Å². The summed E-state index contributed by atoms with van der Waals surface area (Å²) in [4.78, 5) is 13.4. The van der Waals surface area contributed by atoms with Crippen molar-refractivity contribution in [1.29, 1.82) is 0 Å². The molecule has 30 heavy (non-hydrogen) atoms. The zero-order valence-corrected chi connectivity index (χ0v) is 15.9. The number of ketones is 1. The maximum absolute atomic E-state index is 13.4. The predicted octanol–water partition coefficient (Wildman–Crippen LogP) is 4.14. The lowest BCUT2D eigenvalue weighted by Crippen LogP contribution is -2.12. The molecule has 6 nitrogen and oxygen atoms in total. The zero-order valence-electron chi connectivity index (χ0n) is 15.9. The van der Waals surface area contributed by atoms with Crippen LogP contribution in [-0.2, 0) is 0 Å². The summed E-state index contributed by atoms with van der Waals surface area (Å²) in [6.45, 7) is 0.261. The molecule has 1 unspecified atom stereocenters. The Bertz CT molecular complexity index is 1140. The molecule has 0 bridgehead atoms.